The Kier molecular flexibility index (Phi) is 5.74. The number of Topliss-reactive ketones (excluding diaryl/α,β-unsaturated/α-hetero) is 1. The van der Waals surface area contributed by atoms with Crippen LogP contribution in [0.25, 0.3) is 22.2 Å². The van der Waals surface area contributed by atoms with E-state index in [-0.39, 0.29) is 17.4 Å². The van der Waals surface area contributed by atoms with Gasteiger partial charge in [-0.25, -0.2) is 9.37 Å². The largest absolute Gasteiger partial charge is 0.346 e. The van der Waals surface area contributed by atoms with Crippen LogP contribution in [-0.4, -0.2) is 21.1 Å². The van der Waals surface area contributed by atoms with E-state index in [9.17, 15) is 9.18 Å². The smallest absolute Gasteiger partial charge is 0.175 e. The second kappa shape index (κ2) is 8.60. The molecule has 2 aromatic carbocycles. The van der Waals surface area contributed by atoms with Gasteiger partial charge in [0.1, 0.15) is 5.82 Å². The minimum Gasteiger partial charge on any atom is -0.346 e. The summed E-state index contributed by atoms with van der Waals surface area (Å²) in [5, 5.41) is 11.7. The van der Waals surface area contributed by atoms with Gasteiger partial charge in [-0.1, -0.05) is 30.0 Å². The molecule has 0 saturated carbocycles. The zero-order valence-corrected chi connectivity index (χ0v) is 17.0. The molecule has 0 spiro atoms. The molecular formula is C22H16FN3OS2. The van der Waals surface area contributed by atoms with E-state index in [0.29, 0.717) is 18.5 Å². The first-order chi connectivity index (χ1) is 14.2. The molecular weight excluding hydrogens is 405 g/mol. The first-order valence-electron chi connectivity index (χ1n) is 8.98. The van der Waals surface area contributed by atoms with Gasteiger partial charge in [-0.15, -0.1) is 11.3 Å². The number of para-hydroxylation sites is 1. The summed E-state index contributed by atoms with van der Waals surface area (Å²) in [7, 11) is 0. The number of hydrogen-bond donors (Lipinski definition) is 0. The van der Waals surface area contributed by atoms with Crippen molar-refractivity contribution in [1.82, 2.24) is 9.55 Å². The molecule has 0 aliphatic rings. The van der Waals surface area contributed by atoms with E-state index < -0.39 is 0 Å². The summed E-state index contributed by atoms with van der Waals surface area (Å²) in [5.41, 5.74) is 3.25. The van der Waals surface area contributed by atoms with Gasteiger partial charge in [-0.2, -0.15) is 5.26 Å². The van der Waals surface area contributed by atoms with E-state index in [1.807, 2.05) is 40.4 Å². The van der Waals surface area contributed by atoms with Crippen molar-refractivity contribution in [3.05, 3.63) is 71.5 Å². The fourth-order valence-corrected chi connectivity index (χ4v) is 4.82. The molecule has 0 aliphatic carbocycles. The first kappa shape index (κ1) is 19.4. The van der Waals surface area contributed by atoms with Crippen LogP contribution < -0.4 is 0 Å². The Bertz CT molecular complexity index is 1210. The lowest BCUT2D eigenvalue weighted by atomic mass is 10.1. The summed E-state index contributed by atoms with van der Waals surface area (Å²) in [6, 6.07) is 16.1. The molecule has 144 valence electrons. The van der Waals surface area contributed by atoms with Gasteiger partial charge >= 0.3 is 0 Å². The van der Waals surface area contributed by atoms with Crippen molar-refractivity contribution in [3.8, 4) is 17.3 Å². The van der Waals surface area contributed by atoms with Crippen molar-refractivity contribution in [1.29, 1.82) is 5.26 Å². The number of nitriles is 1. The first-order valence-corrected chi connectivity index (χ1v) is 10.8. The highest BCUT2D eigenvalue weighted by Gasteiger charge is 2.16. The Balaban J connectivity index is 1.49. The molecule has 7 heteroatoms. The van der Waals surface area contributed by atoms with Crippen LogP contribution in [0.1, 0.15) is 16.8 Å². The number of thioether (sulfide) groups is 1. The van der Waals surface area contributed by atoms with E-state index in [4.69, 9.17) is 5.26 Å². The van der Waals surface area contributed by atoms with Crippen LogP contribution >= 0.6 is 23.1 Å². The van der Waals surface area contributed by atoms with Gasteiger partial charge in [0.25, 0.3) is 0 Å². The van der Waals surface area contributed by atoms with E-state index in [1.165, 1.54) is 35.2 Å². The maximum Gasteiger partial charge on any atom is 0.175 e. The summed E-state index contributed by atoms with van der Waals surface area (Å²) in [6.45, 7) is 0.560. The number of aromatic nitrogens is 2. The van der Waals surface area contributed by atoms with Gasteiger partial charge in [0.05, 0.1) is 23.9 Å². The standard InChI is InChI=1S/C22H16FN3OS2/c23-16-8-6-15(7-9-16)19-13-28-22(25-19)29-14-21(27)18-12-26(11-3-10-24)20-5-2-1-4-17(18)20/h1-2,4-9,12-13H,3,11,14H2. The third kappa shape index (κ3) is 4.24. The SMILES string of the molecule is N#CCCn1cc(C(=O)CSc2nc(-c3ccc(F)cc3)cs2)c2ccccc21. The predicted molar refractivity (Wildman–Crippen MR) is 115 cm³/mol. The highest BCUT2D eigenvalue weighted by Crippen LogP contribution is 2.30. The minimum absolute atomic E-state index is 0.0282. The second-order valence-corrected chi connectivity index (χ2v) is 8.46. The highest BCUT2D eigenvalue weighted by atomic mass is 32.2. The van der Waals surface area contributed by atoms with Crippen LogP contribution in [0.2, 0.25) is 0 Å². The predicted octanol–water partition coefficient (Wildman–Crippen LogP) is 5.79. The fourth-order valence-electron chi connectivity index (χ4n) is 3.11. The van der Waals surface area contributed by atoms with Crippen molar-refractivity contribution in [2.24, 2.45) is 0 Å². The van der Waals surface area contributed by atoms with Gasteiger partial charge in [0, 0.05) is 40.2 Å². The molecule has 0 amide bonds. The summed E-state index contributed by atoms with van der Waals surface area (Å²) in [4.78, 5) is 17.4. The molecule has 0 saturated heterocycles. The van der Waals surface area contributed by atoms with Crippen LogP contribution in [0.3, 0.4) is 0 Å². The van der Waals surface area contributed by atoms with Crippen molar-refractivity contribution < 1.29 is 9.18 Å². The number of benzene rings is 2. The van der Waals surface area contributed by atoms with Crippen LogP contribution in [0.15, 0.2) is 64.4 Å². The molecule has 0 fully saturated rings. The van der Waals surface area contributed by atoms with E-state index in [2.05, 4.69) is 11.1 Å². The topological polar surface area (TPSA) is 58.7 Å². The van der Waals surface area contributed by atoms with Crippen LogP contribution in [0, 0.1) is 17.1 Å². The Morgan fingerprint density at radius 1 is 1.21 bits per heavy atom. The summed E-state index contributed by atoms with van der Waals surface area (Å²) >= 11 is 2.87. The van der Waals surface area contributed by atoms with E-state index in [1.54, 1.807) is 12.1 Å². The number of halogens is 1. The Labute approximate surface area is 175 Å². The minimum atomic E-state index is -0.280. The Morgan fingerprint density at radius 3 is 2.79 bits per heavy atom. The van der Waals surface area contributed by atoms with Gasteiger partial charge in [-0.05, 0) is 30.3 Å². The molecule has 4 aromatic rings. The van der Waals surface area contributed by atoms with Crippen molar-refractivity contribution in [2.75, 3.05) is 5.75 Å². The lowest BCUT2D eigenvalue weighted by molar-refractivity contribution is 0.102. The fraction of sp³-hybridized carbons (Fsp3) is 0.136. The molecule has 0 N–H and O–H groups in total. The third-order valence-corrected chi connectivity index (χ3v) is 6.52. The van der Waals surface area contributed by atoms with Gasteiger partial charge in [0.2, 0.25) is 0 Å². The molecule has 0 bridgehead atoms. The van der Waals surface area contributed by atoms with Crippen molar-refractivity contribution >= 4 is 39.8 Å². The number of aryl methyl sites for hydroxylation is 1. The van der Waals surface area contributed by atoms with Gasteiger partial charge in [0.15, 0.2) is 10.1 Å². The lowest BCUT2D eigenvalue weighted by Crippen LogP contribution is -2.02. The van der Waals surface area contributed by atoms with Crippen LogP contribution in [0.4, 0.5) is 4.39 Å². The molecule has 0 atom stereocenters. The molecule has 29 heavy (non-hydrogen) atoms. The van der Waals surface area contributed by atoms with Crippen molar-refractivity contribution in [3.63, 3.8) is 0 Å². The number of fused-ring (bicyclic) bond motifs is 1. The summed E-state index contributed by atoms with van der Waals surface area (Å²) < 4.78 is 15.8. The van der Waals surface area contributed by atoms with Gasteiger partial charge in [-0.3, -0.25) is 4.79 Å². The van der Waals surface area contributed by atoms with E-state index in [0.717, 1.165) is 26.5 Å². The molecule has 4 nitrogen and oxygen atoms in total. The molecule has 4 rings (SSSR count). The monoisotopic (exact) mass is 421 g/mol. The number of rotatable bonds is 7. The zero-order chi connectivity index (χ0) is 20.2. The number of hydrogen-bond acceptors (Lipinski definition) is 5. The average molecular weight is 422 g/mol. The molecule has 2 aromatic heterocycles. The number of carbonyl (C=O) groups excluding carboxylic acids is 1. The summed E-state index contributed by atoms with van der Waals surface area (Å²) in [6.07, 6.45) is 2.24. The van der Waals surface area contributed by atoms with Crippen LogP contribution in [-0.2, 0) is 6.54 Å². The van der Waals surface area contributed by atoms with Gasteiger partial charge < -0.3 is 4.57 Å². The van der Waals surface area contributed by atoms with Crippen LogP contribution in [0.5, 0.6) is 0 Å². The lowest BCUT2D eigenvalue weighted by Gasteiger charge is -2.00. The molecule has 0 aliphatic heterocycles. The number of ketones is 1. The molecule has 2 heterocycles. The van der Waals surface area contributed by atoms with Crippen molar-refractivity contribution in [2.45, 2.75) is 17.3 Å². The maximum absolute atomic E-state index is 13.1. The quantitative estimate of drug-likeness (QED) is 0.280. The number of nitrogens with zero attached hydrogens (tertiary/aromatic N) is 3. The second-order valence-electron chi connectivity index (χ2n) is 6.38. The maximum atomic E-state index is 13.1. The highest BCUT2D eigenvalue weighted by molar-refractivity contribution is 8.01. The Hall–Kier alpha value is -2.95. The zero-order valence-electron chi connectivity index (χ0n) is 15.3. The van der Waals surface area contributed by atoms with E-state index >= 15 is 0 Å². The molecule has 0 radical (unpaired) electrons. The molecule has 0 unspecified atom stereocenters. The third-order valence-electron chi connectivity index (χ3n) is 4.50. The Morgan fingerprint density at radius 2 is 2.00 bits per heavy atom. The average Bonchev–Trinajstić information content (AvgIpc) is 3.36. The normalized spacial score (nSPS) is 10.9. The number of carbonyl (C=O) groups is 1. The summed E-state index contributed by atoms with van der Waals surface area (Å²) in [5.74, 6) is 0.0290. The number of thiazole rings is 1.